The number of hydrogen-bond donors (Lipinski definition) is 0. The number of halogens is 3. The minimum atomic E-state index is -0.184. The number of nitrogens with zero attached hydrogens (tertiary/aromatic N) is 3. The van der Waals surface area contributed by atoms with Crippen molar-refractivity contribution in [2.75, 3.05) is 0 Å². The molecule has 2 rings (SSSR count). The van der Waals surface area contributed by atoms with Crippen LogP contribution in [0.5, 0.6) is 0 Å². The van der Waals surface area contributed by atoms with Crippen LogP contribution >= 0.6 is 47.8 Å². The Morgan fingerprint density at radius 1 is 1.24 bits per heavy atom. The molecule has 0 saturated carbocycles. The molecule has 88 valence electrons. The zero-order valence-electron chi connectivity index (χ0n) is 8.62. The number of carbonyl (C=O) groups is 1. The van der Waals surface area contributed by atoms with Crippen LogP contribution in [-0.2, 0) is 7.05 Å². The zero-order chi connectivity index (χ0) is 12.6. The summed E-state index contributed by atoms with van der Waals surface area (Å²) in [5.74, 6) is -0.184. The van der Waals surface area contributed by atoms with Crippen LogP contribution in [-0.4, -0.2) is 20.5 Å². The molecular formula is C10H6Br3N3O. The van der Waals surface area contributed by atoms with Gasteiger partial charge < -0.3 is 0 Å². The topological polar surface area (TPSA) is 47.8 Å². The second-order valence-electron chi connectivity index (χ2n) is 3.28. The van der Waals surface area contributed by atoms with Gasteiger partial charge >= 0.3 is 0 Å². The quantitative estimate of drug-likeness (QED) is 0.696. The molecule has 0 unspecified atom stereocenters. The van der Waals surface area contributed by atoms with Gasteiger partial charge in [0.2, 0.25) is 5.78 Å². The Labute approximate surface area is 123 Å². The van der Waals surface area contributed by atoms with Gasteiger partial charge in [-0.25, -0.2) is 0 Å². The lowest BCUT2D eigenvalue weighted by atomic mass is 10.2. The van der Waals surface area contributed by atoms with Gasteiger partial charge in [-0.15, -0.1) is 0 Å². The first-order valence-corrected chi connectivity index (χ1v) is 6.92. The van der Waals surface area contributed by atoms with Crippen molar-refractivity contribution in [1.82, 2.24) is 14.8 Å². The second kappa shape index (κ2) is 4.99. The lowest BCUT2D eigenvalue weighted by molar-refractivity contribution is 0.102. The van der Waals surface area contributed by atoms with Gasteiger partial charge in [0.15, 0.2) is 0 Å². The Hall–Kier alpha value is -0.530. The van der Waals surface area contributed by atoms with E-state index in [2.05, 4.69) is 57.9 Å². The molecule has 0 aromatic carbocycles. The predicted octanol–water partition coefficient (Wildman–Crippen LogP) is 3.33. The number of ketones is 1. The van der Waals surface area contributed by atoms with Crippen molar-refractivity contribution in [2.45, 2.75) is 0 Å². The normalized spacial score (nSPS) is 10.6. The van der Waals surface area contributed by atoms with Crippen molar-refractivity contribution < 1.29 is 4.79 Å². The number of pyridine rings is 1. The van der Waals surface area contributed by atoms with E-state index in [9.17, 15) is 4.79 Å². The maximum absolute atomic E-state index is 12.3. The molecule has 0 amide bonds. The molecule has 0 saturated heterocycles. The van der Waals surface area contributed by atoms with E-state index in [0.717, 1.165) is 4.47 Å². The van der Waals surface area contributed by atoms with Crippen molar-refractivity contribution in [3.63, 3.8) is 0 Å². The molecule has 17 heavy (non-hydrogen) atoms. The molecule has 2 aromatic heterocycles. The van der Waals surface area contributed by atoms with Crippen LogP contribution in [0.15, 0.2) is 31.9 Å². The number of rotatable bonds is 2. The molecule has 0 N–H and O–H groups in total. The maximum atomic E-state index is 12.3. The number of aryl methyl sites for hydroxylation is 1. The summed E-state index contributed by atoms with van der Waals surface area (Å²) in [7, 11) is 1.71. The standard InChI is InChI=1S/C10H6Br3N3O/c1-16-9(7(13)4-15-16)10(17)8-6(12)2-5(11)3-14-8/h2-4H,1H3. The molecular weight excluding hydrogens is 418 g/mol. The molecule has 0 spiro atoms. The highest BCUT2D eigenvalue weighted by atomic mass is 79.9. The average molecular weight is 424 g/mol. The van der Waals surface area contributed by atoms with Crippen LogP contribution in [0.1, 0.15) is 16.2 Å². The van der Waals surface area contributed by atoms with E-state index in [-0.39, 0.29) is 5.78 Å². The van der Waals surface area contributed by atoms with E-state index in [1.54, 1.807) is 25.5 Å². The minimum Gasteiger partial charge on any atom is -0.285 e. The van der Waals surface area contributed by atoms with Crippen molar-refractivity contribution >= 4 is 53.6 Å². The molecule has 2 heterocycles. The lowest BCUT2D eigenvalue weighted by Crippen LogP contribution is -2.11. The summed E-state index contributed by atoms with van der Waals surface area (Å²) >= 11 is 9.91. The van der Waals surface area contributed by atoms with Gasteiger partial charge in [0.25, 0.3) is 0 Å². The highest BCUT2D eigenvalue weighted by Crippen LogP contribution is 2.24. The van der Waals surface area contributed by atoms with Crippen LogP contribution < -0.4 is 0 Å². The van der Waals surface area contributed by atoms with Gasteiger partial charge in [-0.2, -0.15) is 5.10 Å². The molecule has 0 fully saturated rings. The van der Waals surface area contributed by atoms with Crippen molar-refractivity contribution in [3.05, 3.63) is 43.3 Å². The molecule has 0 aliphatic heterocycles. The summed E-state index contributed by atoms with van der Waals surface area (Å²) in [5, 5.41) is 4.01. The Morgan fingerprint density at radius 3 is 2.47 bits per heavy atom. The van der Waals surface area contributed by atoms with E-state index in [0.29, 0.717) is 20.3 Å². The summed E-state index contributed by atoms with van der Waals surface area (Å²) in [6.45, 7) is 0. The summed E-state index contributed by atoms with van der Waals surface area (Å²) in [5.41, 5.74) is 0.832. The summed E-state index contributed by atoms with van der Waals surface area (Å²) in [6, 6.07) is 1.78. The zero-order valence-corrected chi connectivity index (χ0v) is 13.4. The Balaban J connectivity index is 2.51. The first-order chi connectivity index (χ1) is 8.00. The highest BCUT2D eigenvalue weighted by molar-refractivity contribution is 9.11. The first-order valence-electron chi connectivity index (χ1n) is 4.54. The fourth-order valence-electron chi connectivity index (χ4n) is 1.36. The second-order valence-corrected chi connectivity index (χ2v) is 5.90. The molecule has 2 aromatic rings. The summed E-state index contributed by atoms with van der Waals surface area (Å²) in [6.07, 6.45) is 3.17. The van der Waals surface area contributed by atoms with E-state index in [4.69, 9.17) is 0 Å². The minimum absolute atomic E-state index is 0.184. The highest BCUT2D eigenvalue weighted by Gasteiger charge is 2.20. The third-order valence-corrected chi connectivity index (χ3v) is 3.75. The van der Waals surface area contributed by atoms with Crippen molar-refractivity contribution in [1.29, 1.82) is 0 Å². The third kappa shape index (κ3) is 2.51. The largest absolute Gasteiger partial charge is 0.285 e. The summed E-state index contributed by atoms with van der Waals surface area (Å²) in [4.78, 5) is 16.4. The molecule has 0 aliphatic carbocycles. The van der Waals surface area contributed by atoms with Gasteiger partial charge in [0.05, 0.1) is 10.7 Å². The fourth-order valence-corrected chi connectivity index (χ4v) is 3.06. The van der Waals surface area contributed by atoms with E-state index in [1.807, 2.05) is 0 Å². The fraction of sp³-hybridized carbons (Fsp3) is 0.100. The van der Waals surface area contributed by atoms with Crippen molar-refractivity contribution in [2.24, 2.45) is 7.05 Å². The van der Waals surface area contributed by atoms with Crippen LogP contribution in [0.3, 0.4) is 0 Å². The smallest absolute Gasteiger partial charge is 0.231 e. The Morgan fingerprint density at radius 2 is 1.94 bits per heavy atom. The van der Waals surface area contributed by atoms with Crippen LogP contribution in [0.4, 0.5) is 0 Å². The van der Waals surface area contributed by atoms with E-state index >= 15 is 0 Å². The number of hydrogen-bond acceptors (Lipinski definition) is 3. The van der Waals surface area contributed by atoms with Crippen LogP contribution in [0.2, 0.25) is 0 Å². The SMILES string of the molecule is Cn1ncc(Br)c1C(=O)c1ncc(Br)cc1Br. The van der Waals surface area contributed by atoms with Crippen molar-refractivity contribution in [3.8, 4) is 0 Å². The van der Waals surface area contributed by atoms with Gasteiger partial charge in [-0.3, -0.25) is 14.5 Å². The molecule has 0 radical (unpaired) electrons. The molecule has 7 heteroatoms. The third-order valence-electron chi connectivity index (χ3n) is 2.13. The first kappa shape index (κ1) is 12.9. The molecule has 0 bridgehead atoms. The van der Waals surface area contributed by atoms with Gasteiger partial charge in [0, 0.05) is 22.2 Å². The molecule has 4 nitrogen and oxygen atoms in total. The van der Waals surface area contributed by atoms with Gasteiger partial charge in [-0.05, 0) is 53.9 Å². The van der Waals surface area contributed by atoms with E-state index < -0.39 is 0 Å². The van der Waals surface area contributed by atoms with Crippen LogP contribution in [0, 0.1) is 0 Å². The number of carbonyl (C=O) groups excluding carboxylic acids is 1. The Kier molecular flexibility index (Phi) is 3.79. The average Bonchev–Trinajstić information content (AvgIpc) is 2.58. The summed E-state index contributed by atoms with van der Waals surface area (Å²) < 4.78 is 3.62. The number of aromatic nitrogens is 3. The van der Waals surface area contributed by atoms with Crippen LogP contribution in [0.25, 0.3) is 0 Å². The maximum Gasteiger partial charge on any atom is 0.231 e. The monoisotopic (exact) mass is 421 g/mol. The molecule has 0 aliphatic rings. The lowest BCUT2D eigenvalue weighted by Gasteiger charge is -2.04. The van der Waals surface area contributed by atoms with Gasteiger partial charge in [0.1, 0.15) is 11.4 Å². The van der Waals surface area contributed by atoms with E-state index in [1.165, 1.54) is 4.68 Å². The molecule has 0 atom stereocenters. The Bertz CT molecular complexity index is 575. The van der Waals surface area contributed by atoms with Gasteiger partial charge in [-0.1, -0.05) is 0 Å². The predicted molar refractivity (Wildman–Crippen MR) is 74.0 cm³/mol.